The molecule has 4 rings (SSSR count). The third-order valence-corrected chi connectivity index (χ3v) is 5.12. The van der Waals surface area contributed by atoms with Crippen molar-refractivity contribution in [2.45, 2.75) is 11.4 Å². The quantitative estimate of drug-likeness (QED) is 0.355. The van der Waals surface area contributed by atoms with Gasteiger partial charge in [0.25, 0.3) is 5.56 Å². The second-order valence-corrected chi connectivity index (χ2v) is 7.18. The van der Waals surface area contributed by atoms with Crippen LogP contribution in [0.2, 0.25) is 0 Å². The minimum atomic E-state index is -0.291. The molecule has 0 radical (unpaired) electrons. The van der Waals surface area contributed by atoms with Crippen LogP contribution in [0.4, 0.5) is 16.2 Å². The molecule has 0 bridgehead atoms. The number of rotatable bonds is 6. The summed E-state index contributed by atoms with van der Waals surface area (Å²) in [7, 11) is 0. The molecule has 0 aliphatic rings. The smallest absolute Gasteiger partial charge is 0.319 e. The highest BCUT2D eigenvalue weighted by Crippen LogP contribution is 2.26. The number of amides is 2. The van der Waals surface area contributed by atoms with Gasteiger partial charge in [-0.3, -0.25) is 9.78 Å². The number of pyridine rings is 1. The number of aromatic nitrogens is 3. The van der Waals surface area contributed by atoms with Crippen LogP contribution in [0.5, 0.6) is 0 Å². The van der Waals surface area contributed by atoms with Crippen molar-refractivity contribution in [1.82, 2.24) is 20.3 Å². The van der Waals surface area contributed by atoms with Gasteiger partial charge in [-0.05, 0) is 60.0 Å². The number of H-pyrrole nitrogens is 1. The molecule has 150 valence electrons. The van der Waals surface area contributed by atoms with E-state index in [1.54, 1.807) is 30.6 Å². The van der Waals surface area contributed by atoms with E-state index in [2.05, 4.69) is 30.3 Å². The van der Waals surface area contributed by atoms with E-state index in [0.717, 1.165) is 16.1 Å². The summed E-state index contributed by atoms with van der Waals surface area (Å²) in [5.41, 5.74) is 2.92. The number of anilines is 2. The number of fused-ring (bicyclic) bond motifs is 1. The van der Waals surface area contributed by atoms with Gasteiger partial charge in [0, 0.05) is 30.3 Å². The predicted octanol–water partition coefficient (Wildman–Crippen LogP) is 3.76. The van der Waals surface area contributed by atoms with Crippen LogP contribution in [0.15, 0.2) is 83.0 Å². The number of benzene rings is 2. The van der Waals surface area contributed by atoms with Gasteiger partial charge in [0.1, 0.15) is 0 Å². The molecule has 0 saturated carbocycles. The largest absolute Gasteiger partial charge is 0.334 e. The molecule has 8 nitrogen and oxygen atoms in total. The van der Waals surface area contributed by atoms with Crippen molar-refractivity contribution in [1.29, 1.82) is 0 Å². The number of carbonyl (C=O) groups is 1. The molecular weight excluding hydrogens is 400 g/mol. The monoisotopic (exact) mass is 418 g/mol. The topological polar surface area (TPSA) is 112 Å². The number of para-hydroxylation sites is 1. The van der Waals surface area contributed by atoms with Crippen molar-refractivity contribution in [3.8, 4) is 0 Å². The van der Waals surface area contributed by atoms with Crippen molar-refractivity contribution in [3.05, 3.63) is 89.2 Å². The number of urea groups is 1. The van der Waals surface area contributed by atoms with Gasteiger partial charge in [-0.1, -0.05) is 12.1 Å². The first-order valence-corrected chi connectivity index (χ1v) is 9.94. The van der Waals surface area contributed by atoms with Crippen LogP contribution in [0.3, 0.4) is 0 Å². The zero-order chi connectivity index (χ0) is 20.8. The normalized spacial score (nSPS) is 10.5. The summed E-state index contributed by atoms with van der Waals surface area (Å²) >= 11 is 1.37. The Bertz CT molecular complexity index is 1210. The van der Waals surface area contributed by atoms with Gasteiger partial charge in [-0.15, -0.1) is 0 Å². The Morgan fingerprint density at radius 3 is 2.67 bits per heavy atom. The van der Waals surface area contributed by atoms with E-state index in [1.165, 1.54) is 18.3 Å². The third kappa shape index (κ3) is 4.76. The maximum absolute atomic E-state index is 12.0. The van der Waals surface area contributed by atoms with Gasteiger partial charge in [-0.2, -0.15) is 0 Å². The van der Waals surface area contributed by atoms with Crippen LogP contribution >= 0.6 is 11.9 Å². The van der Waals surface area contributed by atoms with Crippen LogP contribution in [-0.4, -0.2) is 21.0 Å². The molecular formula is C21H18N6O2S. The molecule has 0 saturated heterocycles. The Morgan fingerprint density at radius 2 is 1.87 bits per heavy atom. The summed E-state index contributed by atoms with van der Waals surface area (Å²) < 4.78 is 3.23. The molecule has 0 aliphatic heterocycles. The summed E-state index contributed by atoms with van der Waals surface area (Å²) in [5.74, 6) is 0. The number of hydrogen-bond donors (Lipinski definition) is 4. The zero-order valence-corrected chi connectivity index (χ0v) is 16.6. The van der Waals surface area contributed by atoms with E-state index in [4.69, 9.17) is 0 Å². The van der Waals surface area contributed by atoms with Crippen molar-refractivity contribution in [2.75, 3.05) is 10.0 Å². The summed E-state index contributed by atoms with van der Waals surface area (Å²) in [6, 6.07) is 16.2. The van der Waals surface area contributed by atoms with Crippen LogP contribution < -0.4 is 20.9 Å². The first-order valence-electron chi connectivity index (χ1n) is 9.12. The van der Waals surface area contributed by atoms with Gasteiger partial charge in [0.2, 0.25) is 0 Å². The zero-order valence-electron chi connectivity index (χ0n) is 15.8. The fraction of sp³-hybridized carbons (Fsp3) is 0.0476. The molecule has 0 atom stereocenters. The van der Waals surface area contributed by atoms with Crippen LogP contribution in [0, 0.1) is 0 Å². The lowest BCUT2D eigenvalue weighted by molar-refractivity contribution is 0.251. The number of nitrogens with zero attached hydrogens (tertiary/aromatic N) is 2. The Morgan fingerprint density at radius 1 is 1.03 bits per heavy atom. The first-order chi connectivity index (χ1) is 14.7. The molecule has 0 spiro atoms. The molecule has 4 N–H and O–H groups in total. The fourth-order valence-corrected chi connectivity index (χ4v) is 3.52. The second kappa shape index (κ2) is 9.10. The predicted molar refractivity (Wildman–Crippen MR) is 118 cm³/mol. The lowest BCUT2D eigenvalue weighted by Crippen LogP contribution is -2.28. The Hall–Kier alpha value is -3.85. The number of carbonyl (C=O) groups excluding carboxylic acids is 1. The molecule has 0 unspecified atom stereocenters. The van der Waals surface area contributed by atoms with E-state index in [0.29, 0.717) is 23.1 Å². The lowest BCUT2D eigenvalue weighted by atomic mass is 10.2. The maximum atomic E-state index is 12.0. The van der Waals surface area contributed by atoms with Gasteiger partial charge < -0.3 is 20.3 Å². The lowest BCUT2D eigenvalue weighted by Gasteiger charge is -2.10. The molecule has 9 heteroatoms. The molecule has 2 amide bonds. The third-order valence-electron chi connectivity index (χ3n) is 4.23. The van der Waals surface area contributed by atoms with Gasteiger partial charge in [0.15, 0.2) is 0 Å². The van der Waals surface area contributed by atoms with E-state index in [9.17, 15) is 9.59 Å². The van der Waals surface area contributed by atoms with Gasteiger partial charge >= 0.3 is 6.03 Å². The van der Waals surface area contributed by atoms with Crippen LogP contribution in [-0.2, 0) is 6.54 Å². The summed E-state index contributed by atoms with van der Waals surface area (Å²) in [6.45, 7) is 0.401. The molecule has 0 fully saturated rings. The summed E-state index contributed by atoms with van der Waals surface area (Å²) in [5, 5.41) is 6.12. The highest BCUT2D eigenvalue weighted by atomic mass is 32.2. The van der Waals surface area contributed by atoms with Crippen molar-refractivity contribution in [3.63, 3.8) is 0 Å². The average Bonchev–Trinajstić information content (AvgIpc) is 2.78. The Kier molecular flexibility index (Phi) is 5.90. The molecule has 2 heterocycles. The van der Waals surface area contributed by atoms with E-state index < -0.39 is 0 Å². The molecule has 4 aromatic rings. The molecule has 2 aromatic carbocycles. The highest BCUT2D eigenvalue weighted by Gasteiger charge is 2.06. The van der Waals surface area contributed by atoms with Crippen LogP contribution in [0.1, 0.15) is 5.56 Å². The number of aromatic amines is 1. The van der Waals surface area contributed by atoms with Crippen LogP contribution in [0.25, 0.3) is 10.9 Å². The summed E-state index contributed by atoms with van der Waals surface area (Å²) in [4.78, 5) is 35.6. The molecule has 0 aliphatic carbocycles. The molecule has 30 heavy (non-hydrogen) atoms. The van der Waals surface area contributed by atoms with Gasteiger partial charge in [0.05, 0.1) is 22.1 Å². The Labute approximate surface area is 176 Å². The van der Waals surface area contributed by atoms with Gasteiger partial charge in [-0.25, -0.2) is 9.78 Å². The van der Waals surface area contributed by atoms with E-state index >= 15 is 0 Å². The summed E-state index contributed by atoms with van der Waals surface area (Å²) in [6.07, 6.45) is 4.79. The average molecular weight is 418 g/mol. The molecule has 2 aromatic heterocycles. The van der Waals surface area contributed by atoms with E-state index in [1.807, 2.05) is 36.4 Å². The first kappa shape index (κ1) is 19.5. The minimum Gasteiger partial charge on any atom is -0.334 e. The number of hydrogen-bond acceptors (Lipinski definition) is 6. The highest BCUT2D eigenvalue weighted by molar-refractivity contribution is 8.00. The van der Waals surface area contributed by atoms with Crippen molar-refractivity contribution >= 4 is 40.3 Å². The van der Waals surface area contributed by atoms with Crippen molar-refractivity contribution in [2.24, 2.45) is 0 Å². The van der Waals surface area contributed by atoms with E-state index in [-0.39, 0.29) is 11.6 Å². The minimum absolute atomic E-state index is 0.167. The second-order valence-electron chi connectivity index (χ2n) is 6.33. The number of nitrogens with one attached hydrogen (secondary N) is 4. The standard InChI is InChI=1S/C21H18N6O2S/c28-20-17-4-1-5-18(19(17)24-13-25-20)30-27-16-8-6-15(7-9-16)26-21(29)23-12-14-3-2-10-22-11-14/h1-11,13,27H,12H2,(H2,23,26,29)(H,24,25,28). The van der Waals surface area contributed by atoms with Crippen molar-refractivity contribution < 1.29 is 4.79 Å². The SMILES string of the molecule is O=C(NCc1cccnc1)Nc1ccc(NSc2cccc3c(=O)[nH]cnc23)cc1. The fourth-order valence-electron chi connectivity index (χ4n) is 2.75. The maximum Gasteiger partial charge on any atom is 0.319 e. The Balaban J connectivity index is 1.33.